The first kappa shape index (κ1) is 18.2. The van der Waals surface area contributed by atoms with Crippen LogP contribution in [0.5, 0.6) is 0 Å². The molecule has 1 aliphatic carbocycles. The average molecular weight is 367 g/mol. The van der Waals surface area contributed by atoms with Crippen LogP contribution in [0.15, 0.2) is 30.5 Å². The van der Waals surface area contributed by atoms with Gasteiger partial charge in [-0.05, 0) is 42.7 Å². The van der Waals surface area contributed by atoms with E-state index in [2.05, 4.69) is 38.7 Å². The molecule has 6 nitrogen and oxygen atoms in total. The number of piperazine rings is 1. The van der Waals surface area contributed by atoms with E-state index in [1.54, 1.807) is 0 Å². The molecule has 27 heavy (non-hydrogen) atoms. The van der Waals surface area contributed by atoms with Gasteiger partial charge in [0.15, 0.2) is 0 Å². The molecule has 1 saturated heterocycles. The van der Waals surface area contributed by atoms with Crippen LogP contribution in [0.1, 0.15) is 37.7 Å². The molecule has 2 aromatic heterocycles. The van der Waals surface area contributed by atoms with Gasteiger partial charge in [0.2, 0.25) is 0 Å². The van der Waals surface area contributed by atoms with Crippen LogP contribution in [0.25, 0.3) is 11.3 Å². The van der Waals surface area contributed by atoms with E-state index >= 15 is 0 Å². The van der Waals surface area contributed by atoms with Gasteiger partial charge >= 0.3 is 0 Å². The summed E-state index contributed by atoms with van der Waals surface area (Å²) >= 11 is 0. The Hall–Kier alpha value is -2.18. The number of nitrogens with two attached hydrogens (primary N) is 1. The minimum Gasteiger partial charge on any atom is -0.367 e. The van der Waals surface area contributed by atoms with Gasteiger partial charge in [0.05, 0.1) is 5.69 Å². The molecule has 0 radical (unpaired) electrons. The van der Waals surface area contributed by atoms with Gasteiger partial charge in [-0.25, -0.2) is 9.97 Å². The molecule has 2 fully saturated rings. The molecule has 1 aliphatic heterocycles. The molecule has 0 unspecified atom stereocenters. The molecule has 6 heteroatoms. The largest absolute Gasteiger partial charge is 0.367 e. The molecule has 144 valence electrons. The highest BCUT2D eigenvalue weighted by atomic mass is 15.2. The Morgan fingerprint density at radius 1 is 1.11 bits per heavy atom. The fourth-order valence-corrected chi connectivity index (χ4v) is 4.02. The van der Waals surface area contributed by atoms with E-state index < -0.39 is 0 Å². The summed E-state index contributed by atoms with van der Waals surface area (Å²) in [5.74, 6) is 1.97. The van der Waals surface area contributed by atoms with E-state index in [1.807, 2.05) is 12.3 Å². The number of nitrogens with zero attached hydrogens (tertiary/aromatic N) is 3. The van der Waals surface area contributed by atoms with Gasteiger partial charge in [-0.3, -0.25) is 0 Å². The number of rotatable bonds is 5. The average Bonchev–Trinajstić information content (AvgIpc) is 2.75. The third-order valence-electron chi connectivity index (χ3n) is 5.56. The van der Waals surface area contributed by atoms with Gasteiger partial charge in [-0.2, -0.15) is 0 Å². The van der Waals surface area contributed by atoms with Crippen LogP contribution >= 0.6 is 0 Å². The summed E-state index contributed by atoms with van der Waals surface area (Å²) in [5, 5.41) is 7.01. The number of pyridine rings is 2. The molecule has 3 heterocycles. The Bertz CT molecular complexity index is 750. The van der Waals surface area contributed by atoms with Gasteiger partial charge in [0.1, 0.15) is 11.6 Å². The third kappa shape index (κ3) is 4.57. The zero-order chi connectivity index (χ0) is 18.5. The number of aromatic nitrogens is 2. The second kappa shape index (κ2) is 8.67. The molecular formula is C21H30N6. The highest BCUT2D eigenvalue weighted by molar-refractivity contribution is 5.66. The summed E-state index contributed by atoms with van der Waals surface area (Å²) in [5.41, 5.74) is 9.15. The Morgan fingerprint density at radius 2 is 1.93 bits per heavy atom. The molecule has 1 saturated carbocycles. The number of hydrogen-bond donors (Lipinski definition) is 3. The fourth-order valence-electron chi connectivity index (χ4n) is 4.02. The van der Waals surface area contributed by atoms with Gasteiger partial charge in [0, 0.05) is 50.5 Å². The summed E-state index contributed by atoms with van der Waals surface area (Å²) in [6, 6.07) is 8.93. The van der Waals surface area contributed by atoms with Crippen LogP contribution in [0.3, 0.4) is 0 Å². The van der Waals surface area contributed by atoms with Crippen molar-refractivity contribution in [3.8, 4) is 11.3 Å². The first-order valence-electron chi connectivity index (χ1n) is 10.2. The van der Waals surface area contributed by atoms with E-state index in [9.17, 15) is 0 Å². The van der Waals surface area contributed by atoms with Crippen molar-refractivity contribution in [1.82, 2.24) is 15.3 Å². The fraction of sp³-hybridized carbons (Fsp3) is 0.524. The minimum atomic E-state index is 0.521. The topological polar surface area (TPSA) is 79.1 Å². The van der Waals surface area contributed by atoms with Crippen LogP contribution in [-0.4, -0.2) is 42.2 Å². The van der Waals surface area contributed by atoms with Crippen molar-refractivity contribution >= 4 is 11.6 Å². The molecule has 0 atom stereocenters. The quantitative estimate of drug-likeness (QED) is 0.755. The first-order chi connectivity index (χ1) is 13.3. The van der Waals surface area contributed by atoms with Crippen LogP contribution in [-0.2, 0) is 6.54 Å². The Balaban J connectivity index is 1.59. The minimum absolute atomic E-state index is 0.521. The number of hydrogen-bond acceptors (Lipinski definition) is 6. The van der Waals surface area contributed by atoms with Crippen molar-refractivity contribution in [3.63, 3.8) is 0 Å². The number of nitrogens with one attached hydrogen (secondary N) is 2. The lowest BCUT2D eigenvalue weighted by atomic mass is 9.95. The molecule has 0 spiro atoms. The highest BCUT2D eigenvalue weighted by Crippen LogP contribution is 2.26. The summed E-state index contributed by atoms with van der Waals surface area (Å²) < 4.78 is 0. The Kier molecular flexibility index (Phi) is 5.84. The maximum absolute atomic E-state index is 5.97. The zero-order valence-electron chi connectivity index (χ0n) is 16.0. The second-order valence-electron chi connectivity index (χ2n) is 7.57. The summed E-state index contributed by atoms with van der Waals surface area (Å²) in [6.07, 6.45) is 8.33. The molecule has 0 amide bonds. The molecule has 0 aromatic carbocycles. The van der Waals surface area contributed by atoms with Crippen molar-refractivity contribution in [3.05, 3.63) is 36.0 Å². The smallest absolute Gasteiger partial charge is 0.129 e. The van der Waals surface area contributed by atoms with Crippen molar-refractivity contribution < 1.29 is 0 Å². The molecular weight excluding hydrogens is 336 g/mol. The zero-order valence-corrected chi connectivity index (χ0v) is 16.0. The third-order valence-corrected chi connectivity index (χ3v) is 5.56. The van der Waals surface area contributed by atoms with Crippen molar-refractivity contribution in [2.75, 3.05) is 36.4 Å². The highest BCUT2D eigenvalue weighted by Gasteiger charge is 2.16. The predicted octanol–water partition coefficient (Wildman–Crippen LogP) is 2.76. The van der Waals surface area contributed by atoms with Crippen molar-refractivity contribution in [2.45, 2.75) is 44.7 Å². The van der Waals surface area contributed by atoms with E-state index in [1.165, 1.54) is 32.1 Å². The van der Waals surface area contributed by atoms with Crippen molar-refractivity contribution in [2.24, 2.45) is 5.73 Å². The van der Waals surface area contributed by atoms with Crippen molar-refractivity contribution in [1.29, 1.82) is 0 Å². The summed E-state index contributed by atoms with van der Waals surface area (Å²) in [7, 11) is 0. The van der Waals surface area contributed by atoms with Crippen LogP contribution in [0.4, 0.5) is 11.6 Å². The second-order valence-corrected chi connectivity index (χ2v) is 7.57. The van der Waals surface area contributed by atoms with Gasteiger partial charge in [-0.15, -0.1) is 0 Å². The van der Waals surface area contributed by atoms with E-state index in [0.717, 1.165) is 54.6 Å². The van der Waals surface area contributed by atoms with Gasteiger partial charge < -0.3 is 21.3 Å². The number of anilines is 2. The van der Waals surface area contributed by atoms with Crippen LogP contribution in [0.2, 0.25) is 0 Å². The molecule has 0 bridgehead atoms. The normalized spacial score (nSPS) is 18.5. The Morgan fingerprint density at radius 3 is 2.70 bits per heavy atom. The van der Waals surface area contributed by atoms with E-state index in [-0.39, 0.29) is 0 Å². The lowest BCUT2D eigenvalue weighted by Crippen LogP contribution is -2.44. The van der Waals surface area contributed by atoms with E-state index in [0.29, 0.717) is 12.6 Å². The van der Waals surface area contributed by atoms with Crippen LogP contribution < -0.4 is 21.3 Å². The summed E-state index contributed by atoms with van der Waals surface area (Å²) in [6.45, 7) is 4.46. The van der Waals surface area contributed by atoms with E-state index in [4.69, 9.17) is 10.7 Å². The Labute approximate surface area is 161 Å². The maximum Gasteiger partial charge on any atom is 0.129 e. The standard InChI is InChI=1S/C21H30N6/c22-15-16-12-19(26-21(13-16)27-10-8-23-9-11-27)17-6-7-24-20(14-17)25-18-4-2-1-3-5-18/h6-7,12-14,18,23H,1-5,8-11,15,22H2,(H,24,25). The molecule has 4 rings (SSSR count). The van der Waals surface area contributed by atoms with Gasteiger partial charge in [-0.1, -0.05) is 19.3 Å². The summed E-state index contributed by atoms with van der Waals surface area (Å²) in [4.78, 5) is 11.8. The first-order valence-corrected chi connectivity index (χ1v) is 10.2. The molecule has 4 N–H and O–H groups in total. The maximum atomic E-state index is 5.97. The predicted molar refractivity (Wildman–Crippen MR) is 111 cm³/mol. The molecule has 2 aliphatic rings. The van der Waals surface area contributed by atoms with Crippen LogP contribution in [0, 0.1) is 0 Å². The van der Waals surface area contributed by atoms with Gasteiger partial charge in [0.25, 0.3) is 0 Å². The molecule has 2 aromatic rings. The lowest BCUT2D eigenvalue weighted by Gasteiger charge is -2.29. The lowest BCUT2D eigenvalue weighted by molar-refractivity contribution is 0.462. The monoisotopic (exact) mass is 366 g/mol. The SMILES string of the molecule is NCc1cc(-c2ccnc(NC3CCCCC3)c2)nc(N2CCNCC2)c1.